The van der Waals surface area contributed by atoms with Gasteiger partial charge in [-0.2, -0.15) is 0 Å². The van der Waals surface area contributed by atoms with Gasteiger partial charge in [-0.15, -0.1) is 0 Å². The smallest absolute Gasteiger partial charge is 0.234 e. The van der Waals surface area contributed by atoms with Crippen molar-refractivity contribution in [2.45, 2.75) is 65.5 Å². The van der Waals surface area contributed by atoms with Crippen molar-refractivity contribution in [3.8, 4) is 0 Å². The minimum absolute atomic E-state index is 0.167. The largest absolute Gasteiger partial charge is 0.353 e. The fourth-order valence-corrected chi connectivity index (χ4v) is 2.82. The number of hydrogen-bond donors (Lipinski definition) is 2. The first-order valence-electron chi connectivity index (χ1n) is 8.15. The summed E-state index contributed by atoms with van der Waals surface area (Å²) in [5.41, 5.74) is 5.94. The van der Waals surface area contributed by atoms with Crippen LogP contribution in [0.1, 0.15) is 53.4 Å². The molecule has 0 radical (unpaired) electrons. The Morgan fingerprint density at radius 2 is 1.80 bits per heavy atom. The van der Waals surface area contributed by atoms with E-state index in [9.17, 15) is 4.79 Å². The van der Waals surface area contributed by atoms with Crippen molar-refractivity contribution in [3.05, 3.63) is 0 Å². The summed E-state index contributed by atoms with van der Waals surface area (Å²) in [4.78, 5) is 14.3. The highest BCUT2D eigenvalue weighted by molar-refractivity contribution is 5.78. The van der Waals surface area contributed by atoms with E-state index in [0.29, 0.717) is 18.4 Å². The lowest BCUT2D eigenvalue weighted by atomic mass is 9.91. The zero-order valence-electron chi connectivity index (χ0n) is 13.7. The van der Waals surface area contributed by atoms with E-state index < -0.39 is 0 Å². The van der Waals surface area contributed by atoms with E-state index in [0.717, 1.165) is 32.4 Å². The normalized spacial score (nSPS) is 20.9. The van der Waals surface area contributed by atoms with Gasteiger partial charge in [0.25, 0.3) is 0 Å². The Kier molecular flexibility index (Phi) is 7.52. The minimum Gasteiger partial charge on any atom is -0.353 e. The maximum absolute atomic E-state index is 12.0. The summed E-state index contributed by atoms with van der Waals surface area (Å²) >= 11 is 0. The molecular weight excluding hydrogens is 250 g/mol. The minimum atomic E-state index is 0.167. The van der Waals surface area contributed by atoms with E-state index in [-0.39, 0.29) is 18.0 Å². The lowest BCUT2D eigenvalue weighted by molar-refractivity contribution is -0.123. The topological polar surface area (TPSA) is 58.4 Å². The summed E-state index contributed by atoms with van der Waals surface area (Å²) in [5.74, 6) is 1.49. The van der Waals surface area contributed by atoms with Crippen LogP contribution in [0.25, 0.3) is 0 Å². The Bertz CT molecular complexity index is 283. The molecule has 1 aliphatic rings. The number of amides is 1. The van der Waals surface area contributed by atoms with Gasteiger partial charge in [0.15, 0.2) is 0 Å². The molecule has 118 valence electrons. The highest BCUT2D eigenvalue weighted by Gasteiger charge is 2.23. The molecule has 0 aromatic carbocycles. The molecule has 0 bridgehead atoms. The molecule has 2 atom stereocenters. The lowest BCUT2D eigenvalue weighted by Crippen LogP contribution is -2.45. The molecule has 0 saturated carbocycles. The first kappa shape index (κ1) is 17.4. The summed E-state index contributed by atoms with van der Waals surface area (Å²) in [7, 11) is 0. The number of likely N-dealkylation sites (tertiary alicyclic amines) is 1. The number of hydrogen-bond acceptors (Lipinski definition) is 3. The monoisotopic (exact) mass is 283 g/mol. The van der Waals surface area contributed by atoms with Crippen LogP contribution in [0.2, 0.25) is 0 Å². The first-order valence-corrected chi connectivity index (χ1v) is 8.15. The Balaban J connectivity index is 2.20. The van der Waals surface area contributed by atoms with E-state index in [1.165, 1.54) is 6.42 Å². The predicted octanol–water partition coefficient (Wildman–Crippen LogP) is 1.99. The van der Waals surface area contributed by atoms with Crippen LogP contribution in [0, 0.1) is 11.8 Å². The van der Waals surface area contributed by atoms with Gasteiger partial charge in [0.1, 0.15) is 0 Å². The number of nitrogens with one attached hydrogen (secondary N) is 1. The number of rotatable bonds is 7. The van der Waals surface area contributed by atoms with E-state index in [1.807, 2.05) is 0 Å². The van der Waals surface area contributed by atoms with Crippen LogP contribution < -0.4 is 11.1 Å². The molecule has 20 heavy (non-hydrogen) atoms. The van der Waals surface area contributed by atoms with Crippen LogP contribution in [0.5, 0.6) is 0 Å². The van der Waals surface area contributed by atoms with Crippen LogP contribution in [-0.4, -0.2) is 42.5 Å². The highest BCUT2D eigenvalue weighted by atomic mass is 16.2. The van der Waals surface area contributed by atoms with Crippen molar-refractivity contribution in [2.24, 2.45) is 17.6 Å². The van der Waals surface area contributed by atoms with E-state index >= 15 is 0 Å². The number of nitrogens with two attached hydrogens (primary N) is 1. The number of carbonyl (C=O) groups excluding carboxylic acids is 1. The Hall–Kier alpha value is -0.610. The van der Waals surface area contributed by atoms with Gasteiger partial charge in [-0.1, -0.05) is 13.8 Å². The van der Waals surface area contributed by atoms with Gasteiger partial charge in [0.05, 0.1) is 6.54 Å². The zero-order valence-corrected chi connectivity index (χ0v) is 13.7. The van der Waals surface area contributed by atoms with Crippen molar-refractivity contribution < 1.29 is 4.79 Å². The van der Waals surface area contributed by atoms with Crippen LogP contribution in [-0.2, 0) is 4.79 Å². The van der Waals surface area contributed by atoms with Gasteiger partial charge < -0.3 is 11.1 Å². The molecule has 1 heterocycles. The summed E-state index contributed by atoms with van der Waals surface area (Å²) in [5, 5.41) is 3.11. The molecule has 1 amide bonds. The second kappa shape index (κ2) is 8.63. The third-order valence-electron chi connectivity index (χ3n) is 4.33. The van der Waals surface area contributed by atoms with Crippen molar-refractivity contribution in [2.75, 3.05) is 19.6 Å². The van der Waals surface area contributed by atoms with Crippen molar-refractivity contribution in [3.63, 3.8) is 0 Å². The number of carbonyl (C=O) groups is 1. The Morgan fingerprint density at radius 3 is 2.30 bits per heavy atom. The van der Waals surface area contributed by atoms with Crippen molar-refractivity contribution in [1.82, 2.24) is 10.2 Å². The molecule has 4 heteroatoms. The molecule has 4 nitrogen and oxygen atoms in total. The second-order valence-electron chi connectivity index (χ2n) is 6.91. The Morgan fingerprint density at radius 1 is 1.20 bits per heavy atom. The molecule has 3 N–H and O–H groups in total. The summed E-state index contributed by atoms with van der Waals surface area (Å²) in [6, 6.07) is 0.563. The van der Waals surface area contributed by atoms with Gasteiger partial charge in [-0.3, -0.25) is 9.69 Å². The lowest BCUT2D eigenvalue weighted by Gasteiger charge is -2.33. The summed E-state index contributed by atoms with van der Waals surface area (Å²) in [6.45, 7) is 11.2. The Labute approximate surface area is 124 Å². The number of nitrogens with zero attached hydrogens (tertiary/aromatic N) is 1. The molecule has 1 fully saturated rings. The molecule has 0 aromatic heterocycles. The second-order valence-corrected chi connectivity index (χ2v) is 6.91. The van der Waals surface area contributed by atoms with Crippen molar-refractivity contribution in [1.29, 1.82) is 0 Å². The van der Waals surface area contributed by atoms with Gasteiger partial charge in [0.2, 0.25) is 5.91 Å². The number of piperidine rings is 1. The molecule has 1 aliphatic heterocycles. The standard InChI is InChI=1S/C16H33N3O/c1-12(2)5-6-13(3)18-16(20)11-19-9-7-15(8-10-19)14(4)17/h12-15H,5-11,17H2,1-4H3,(H,18,20). The van der Waals surface area contributed by atoms with Gasteiger partial charge in [-0.25, -0.2) is 0 Å². The van der Waals surface area contributed by atoms with Crippen LogP contribution >= 0.6 is 0 Å². The fraction of sp³-hybridized carbons (Fsp3) is 0.938. The summed E-state index contributed by atoms with van der Waals surface area (Å²) < 4.78 is 0. The first-order chi connectivity index (χ1) is 9.38. The third kappa shape index (κ3) is 6.71. The molecule has 2 unspecified atom stereocenters. The van der Waals surface area contributed by atoms with E-state index in [1.54, 1.807) is 0 Å². The summed E-state index contributed by atoms with van der Waals surface area (Å²) in [6.07, 6.45) is 4.47. The molecule has 0 spiro atoms. The average Bonchev–Trinajstić information content (AvgIpc) is 2.36. The van der Waals surface area contributed by atoms with Crippen molar-refractivity contribution >= 4 is 5.91 Å². The van der Waals surface area contributed by atoms with Crippen LogP contribution in [0.4, 0.5) is 0 Å². The SMILES string of the molecule is CC(C)CCC(C)NC(=O)CN1CCC(C(C)N)CC1. The maximum Gasteiger partial charge on any atom is 0.234 e. The molecule has 1 saturated heterocycles. The van der Waals surface area contributed by atoms with Gasteiger partial charge in [0, 0.05) is 12.1 Å². The maximum atomic E-state index is 12.0. The van der Waals surface area contributed by atoms with Gasteiger partial charge in [-0.05, 0) is 64.5 Å². The third-order valence-corrected chi connectivity index (χ3v) is 4.33. The average molecular weight is 283 g/mol. The molecule has 0 aromatic rings. The molecule has 1 rings (SSSR count). The van der Waals surface area contributed by atoms with Crippen LogP contribution in [0.3, 0.4) is 0 Å². The van der Waals surface area contributed by atoms with E-state index in [4.69, 9.17) is 5.73 Å². The zero-order chi connectivity index (χ0) is 15.1. The predicted molar refractivity (Wildman–Crippen MR) is 84.5 cm³/mol. The van der Waals surface area contributed by atoms with Crippen LogP contribution in [0.15, 0.2) is 0 Å². The highest BCUT2D eigenvalue weighted by Crippen LogP contribution is 2.19. The van der Waals surface area contributed by atoms with Gasteiger partial charge >= 0.3 is 0 Å². The molecule has 0 aliphatic carbocycles. The quantitative estimate of drug-likeness (QED) is 0.751. The fourth-order valence-electron chi connectivity index (χ4n) is 2.82. The van der Waals surface area contributed by atoms with E-state index in [2.05, 4.69) is 37.9 Å². The molecular formula is C16H33N3O.